The SMILES string of the molecule is C[N+](C)(C)CCOP(=O)(O)OP(=O)(O)OP(=O)(O)O. The lowest BCUT2D eigenvalue weighted by Gasteiger charge is -2.24. The summed E-state index contributed by atoms with van der Waals surface area (Å²) in [6.45, 7) is -0.00379. The number of hydrogen-bond acceptors (Lipinski definition) is 6. The zero-order valence-electron chi connectivity index (χ0n) is 10.4. The largest absolute Gasteiger partial charge is 0.490 e. The van der Waals surface area contributed by atoms with Crippen LogP contribution in [0.1, 0.15) is 0 Å². The van der Waals surface area contributed by atoms with Crippen molar-refractivity contribution in [2.24, 2.45) is 0 Å². The van der Waals surface area contributed by atoms with Crippen LogP contribution in [0.2, 0.25) is 0 Å². The van der Waals surface area contributed by atoms with Crippen molar-refractivity contribution in [3.8, 4) is 0 Å². The van der Waals surface area contributed by atoms with E-state index in [1.165, 1.54) is 0 Å². The van der Waals surface area contributed by atoms with E-state index < -0.39 is 23.5 Å². The van der Waals surface area contributed by atoms with Gasteiger partial charge in [-0.05, 0) is 0 Å². The molecule has 4 N–H and O–H groups in total. The summed E-state index contributed by atoms with van der Waals surface area (Å²) in [5.41, 5.74) is 0. The Morgan fingerprint density at radius 2 is 1.37 bits per heavy atom. The van der Waals surface area contributed by atoms with Gasteiger partial charge in [-0.3, -0.25) is 4.52 Å². The van der Waals surface area contributed by atoms with Gasteiger partial charge in [0.05, 0.1) is 21.1 Å². The van der Waals surface area contributed by atoms with Gasteiger partial charge < -0.3 is 24.1 Å². The van der Waals surface area contributed by atoms with E-state index in [0.29, 0.717) is 4.48 Å². The molecule has 0 rings (SSSR count). The molecule has 0 aromatic rings. The lowest BCUT2D eigenvalue weighted by molar-refractivity contribution is -0.870. The van der Waals surface area contributed by atoms with E-state index in [0.717, 1.165) is 0 Å². The van der Waals surface area contributed by atoms with Gasteiger partial charge >= 0.3 is 23.5 Å². The average Bonchev–Trinajstić information content (AvgIpc) is 1.90. The number of nitrogens with zero attached hydrogens (tertiary/aromatic N) is 1. The summed E-state index contributed by atoms with van der Waals surface area (Å²) in [6.07, 6.45) is 0. The van der Waals surface area contributed by atoms with E-state index >= 15 is 0 Å². The highest BCUT2D eigenvalue weighted by molar-refractivity contribution is 7.66. The summed E-state index contributed by atoms with van der Waals surface area (Å²) >= 11 is 0. The van der Waals surface area contributed by atoms with Crippen LogP contribution in [0, 0.1) is 0 Å². The van der Waals surface area contributed by atoms with Crippen molar-refractivity contribution < 1.29 is 50.9 Å². The van der Waals surface area contributed by atoms with E-state index in [1.807, 2.05) is 0 Å². The summed E-state index contributed by atoms with van der Waals surface area (Å²) in [5, 5.41) is 0. The van der Waals surface area contributed by atoms with E-state index in [4.69, 9.17) is 19.6 Å². The number of quaternary nitrogens is 1. The number of likely N-dealkylation sites (N-methyl/N-ethyl adjacent to an activating group) is 1. The molecule has 0 radical (unpaired) electrons. The number of rotatable bonds is 8. The Kier molecular flexibility index (Phi) is 6.55. The van der Waals surface area contributed by atoms with Crippen LogP contribution >= 0.6 is 23.5 Å². The summed E-state index contributed by atoms with van der Waals surface area (Å²) in [4.78, 5) is 34.5. The van der Waals surface area contributed by atoms with Gasteiger partial charge in [-0.25, -0.2) is 13.7 Å². The zero-order valence-corrected chi connectivity index (χ0v) is 13.1. The highest BCUT2D eigenvalue weighted by atomic mass is 31.3. The minimum atomic E-state index is -5.42. The van der Waals surface area contributed by atoms with E-state index in [-0.39, 0.29) is 13.2 Å². The quantitative estimate of drug-likeness (QED) is 0.349. The highest BCUT2D eigenvalue weighted by Crippen LogP contribution is 2.66. The van der Waals surface area contributed by atoms with Crippen LogP contribution in [0.15, 0.2) is 0 Å². The summed E-state index contributed by atoms with van der Waals surface area (Å²) in [7, 11) is -10.5. The molecule has 19 heavy (non-hydrogen) atoms. The maximum absolute atomic E-state index is 11.2. The molecule has 0 amide bonds. The number of phosphoric acid groups is 3. The Hall–Kier alpha value is 0.370. The van der Waals surface area contributed by atoms with Gasteiger partial charge in [0.25, 0.3) is 0 Å². The number of phosphoric ester groups is 1. The second-order valence-electron chi connectivity index (χ2n) is 4.44. The zero-order chi connectivity index (χ0) is 15.5. The molecule has 0 aliphatic heterocycles. The molecule has 116 valence electrons. The number of hydrogen-bond donors (Lipinski definition) is 4. The first-order valence-corrected chi connectivity index (χ1v) is 9.23. The Balaban J connectivity index is 4.48. The normalized spacial score (nSPS) is 19.7. The van der Waals surface area contributed by atoms with Crippen LogP contribution in [0.4, 0.5) is 0 Å². The third-order valence-corrected chi connectivity index (χ3v) is 5.27. The first kappa shape index (κ1) is 19.4. The summed E-state index contributed by atoms with van der Waals surface area (Å²) < 4.78 is 44.4. The molecule has 0 aliphatic rings. The average molecular weight is 344 g/mol. The van der Waals surface area contributed by atoms with Crippen LogP contribution < -0.4 is 0 Å². The monoisotopic (exact) mass is 344 g/mol. The predicted molar refractivity (Wildman–Crippen MR) is 62.7 cm³/mol. The molecule has 14 heteroatoms. The standard InChI is InChI=1S/C5H16NO10P3/c1-6(2,3)4-5-14-18(10,11)16-19(12,13)15-17(7,8)9/h4-5H2,1-3H3,(H3-,7,8,9,10,11,12,13)/p+1. The maximum atomic E-state index is 11.2. The Bertz CT molecular complexity index is 437. The van der Waals surface area contributed by atoms with Crippen molar-refractivity contribution in [1.29, 1.82) is 0 Å². The van der Waals surface area contributed by atoms with Gasteiger partial charge in [0, 0.05) is 0 Å². The minimum Gasteiger partial charge on any atom is -0.329 e. The first-order chi connectivity index (χ1) is 8.12. The molecular formula is C5H17NO10P3+. The molecule has 11 nitrogen and oxygen atoms in total. The van der Waals surface area contributed by atoms with Crippen molar-refractivity contribution in [3.63, 3.8) is 0 Å². The maximum Gasteiger partial charge on any atom is 0.490 e. The fraction of sp³-hybridized carbons (Fsp3) is 1.00. The molecule has 0 bridgehead atoms. The van der Waals surface area contributed by atoms with E-state index in [1.54, 1.807) is 21.1 Å². The third-order valence-electron chi connectivity index (χ3n) is 1.43. The van der Waals surface area contributed by atoms with Crippen molar-refractivity contribution in [1.82, 2.24) is 0 Å². The predicted octanol–water partition coefficient (Wildman–Crippen LogP) is 0.0359. The summed E-state index contributed by atoms with van der Waals surface area (Å²) in [6, 6.07) is 0. The Labute approximate surface area is 109 Å². The second kappa shape index (κ2) is 6.43. The fourth-order valence-electron chi connectivity index (χ4n) is 0.733. The molecule has 0 aromatic carbocycles. The molecule has 0 aromatic heterocycles. The van der Waals surface area contributed by atoms with Crippen LogP contribution in [0.25, 0.3) is 0 Å². The summed E-state index contributed by atoms with van der Waals surface area (Å²) in [5.74, 6) is 0. The molecule has 0 heterocycles. The van der Waals surface area contributed by atoms with Crippen molar-refractivity contribution in [2.75, 3.05) is 34.3 Å². The van der Waals surface area contributed by atoms with Crippen molar-refractivity contribution >= 4 is 23.5 Å². The van der Waals surface area contributed by atoms with Crippen molar-refractivity contribution in [2.45, 2.75) is 0 Å². The lowest BCUT2D eigenvalue weighted by atomic mass is 10.5. The fourth-order valence-corrected chi connectivity index (χ4v) is 3.74. The van der Waals surface area contributed by atoms with Gasteiger partial charge in [0.2, 0.25) is 0 Å². The van der Waals surface area contributed by atoms with Crippen LogP contribution in [0.3, 0.4) is 0 Å². The molecule has 0 saturated carbocycles. The van der Waals surface area contributed by atoms with Crippen LogP contribution in [-0.4, -0.2) is 58.4 Å². The van der Waals surface area contributed by atoms with Gasteiger partial charge in [-0.1, -0.05) is 0 Å². The minimum absolute atomic E-state index is 0.281. The lowest BCUT2D eigenvalue weighted by Crippen LogP contribution is -2.37. The van der Waals surface area contributed by atoms with Gasteiger partial charge in [-0.15, -0.1) is 0 Å². The second-order valence-corrected chi connectivity index (χ2v) is 8.86. The molecule has 0 aliphatic carbocycles. The van der Waals surface area contributed by atoms with Crippen LogP contribution in [0.5, 0.6) is 0 Å². The molecule has 2 atom stereocenters. The third kappa shape index (κ3) is 11.9. The molecule has 2 unspecified atom stereocenters. The molecule has 0 fully saturated rings. The highest BCUT2D eigenvalue weighted by Gasteiger charge is 2.40. The van der Waals surface area contributed by atoms with Crippen LogP contribution in [-0.2, 0) is 26.8 Å². The van der Waals surface area contributed by atoms with Gasteiger partial charge in [0.15, 0.2) is 0 Å². The first-order valence-electron chi connectivity index (χ1n) is 4.71. The molecule has 0 spiro atoms. The molecule has 0 saturated heterocycles. The Morgan fingerprint density at radius 3 is 1.74 bits per heavy atom. The van der Waals surface area contributed by atoms with Crippen molar-refractivity contribution in [3.05, 3.63) is 0 Å². The topological polar surface area (TPSA) is 160 Å². The van der Waals surface area contributed by atoms with Gasteiger partial charge in [0.1, 0.15) is 13.2 Å². The van der Waals surface area contributed by atoms with E-state index in [9.17, 15) is 13.7 Å². The van der Waals surface area contributed by atoms with Gasteiger partial charge in [-0.2, -0.15) is 8.62 Å². The smallest absolute Gasteiger partial charge is 0.329 e. The molecular weight excluding hydrogens is 327 g/mol. The van der Waals surface area contributed by atoms with E-state index in [2.05, 4.69) is 13.1 Å². The Morgan fingerprint density at radius 1 is 0.895 bits per heavy atom.